The first-order chi connectivity index (χ1) is 10.3. The van der Waals surface area contributed by atoms with Gasteiger partial charge in [-0.2, -0.15) is 5.10 Å². The van der Waals surface area contributed by atoms with E-state index in [0.717, 1.165) is 5.69 Å². The topological polar surface area (TPSA) is 82.2 Å². The van der Waals surface area contributed by atoms with E-state index in [9.17, 15) is 4.79 Å². The molecule has 110 valence electrons. The Labute approximate surface area is 122 Å². The monoisotopic (exact) mass is 286 g/mol. The molecule has 1 saturated carbocycles. The highest BCUT2D eigenvalue weighted by atomic mass is 16.5. The number of carbonyl (C=O) groups excluding carboxylic acids is 1. The predicted molar refractivity (Wildman–Crippen MR) is 77.8 cm³/mol. The van der Waals surface area contributed by atoms with Crippen molar-refractivity contribution in [3.63, 3.8) is 0 Å². The Morgan fingerprint density at radius 2 is 2.19 bits per heavy atom. The number of nitrogens with zero attached hydrogens (tertiary/aromatic N) is 2. The molecule has 0 saturated heterocycles. The zero-order chi connectivity index (χ0) is 14.7. The molecule has 1 amide bonds. The number of amides is 1. The van der Waals surface area contributed by atoms with E-state index in [1.54, 1.807) is 18.2 Å². The SMILES string of the molecule is NNC(=O)c1ccccc1OCCn1ccc(C2CC2)n1. The van der Waals surface area contributed by atoms with Gasteiger partial charge in [0.15, 0.2) is 0 Å². The minimum absolute atomic E-state index is 0.360. The van der Waals surface area contributed by atoms with Crippen LogP contribution in [0.15, 0.2) is 36.5 Å². The molecule has 0 radical (unpaired) electrons. The van der Waals surface area contributed by atoms with Crippen molar-refractivity contribution < 1.29 is 9.53 Å². The van der Waals surface area contributed by atoms with Gasteiger partial charge in [-0.25, -0.2) is 5.84 Å². The van der Waals surface area contributed by atoms with Crippen molar-refractivity contribution in [3.8, 4) is 5.75 Å². The Kier molecular flexibility index (Phi) is 3.87. The number of hydrogen-bond donors (Lipinski definition) is 2. The molecule has 1 aromatic carbocycles. The van der Waals surface area contributed by atoms with Crippen molar-refractivity contribution in [1.82, 2.24) is 15.2 Å². The van der Waals surface area contributed by atoms with Crippen molar-refractivity contribution in [2.75, 3.05) is 6.61 Å². The second kappa shape index (κ2) is 5.97. The van der Waals surface area contributed by atoms with Crippen LogP contribution in [0.4, 0.5) is 0 Å². The normalized spacial score (nSPS) is 14.0. The van der Waals surface area contributed by atoms with E-state index in [0.29, 0.717) is 30.4 Å². The second-order valence-corrected chi connectivity index (χ2v) is 5.10. The quantitative estimate of drug-likeness (QED) is 0.478. The molecular formula is C15H18N4O2. The van der Waals surface area contributed by atoms with Crippen molar-refractivity contribution >= 4 is 5.91 Å². The van der Waals surface area contributed by atoms with Crippen molar-refractivity contribution in [2.45, 2.75) is 25.3 Å². The first-order valence-corrected chi connectivity index (χ1v) is 7.04. The number of ether oxygens (including phenoxy) is 1. The summed E-state index contributed by atoms with van der Waals surface area (Å²) in [5.74, 6) is 5.98. The first kappa shape index (κ1) is 13.6. The van der Waals surface area contributed by atoms with Crippen LogP contribution in [0, 0.1) is 0 Å². The summed E-state index contributed by atoms with van der Waals surface area (Å²) in [6.45, 7) is 1.09. The van der Waals surface area contributed by atoms with Crippen LogP contribution in [-0.4, -0.2) is 22.3 Å². The number of rotatable bonds is 6. The van der Waals surface area contributed by atoms with Gasteiger partial charge in [0.05, 0.1) is 17.8 Å². The summed E-state index contributed by atoms with van der Waals surface area (Å²) in [7, 11) is 0. The number of carbonyl (C=O) groups is 1. The highest BCUT2D eigenvalue weighted by Crippen LogP contribution is 2.38. The maximum absolute atomic E-state index is 11.6. The number of nitrogen functional groups attached to an aromatic ring is 1. The molecule has 1 aliphatic rings. The summed E-state index contributed by atoms with van der Waals surface area (Å²) in [6.07, 6.45) is 4.46. The van der Waals surface area contributed by atoms with Gasteiger partial charge in [0.25, 0.3) is 5.91 Å². The minimum Gasteiger partial charge on any atom is -0.491 e. The number of aromatic nitrogens is 2. The third-order valence-electron chi connectivity index (χ3n) is 3.50. The van der Waals surface area contributed by atoms with E-state index < -0.39 is 0 Å². The third kappa shape index (κ3) is 3.22. The third-order valence-corrected chi connectivity index (χ3v) is 3.50. The van der Waals surface area contributed by atoms with Crippen molar-refractivity contribution in [3.05, 3.63) is 47.8 Å². The minimum atomic E-state index is -0.360. The Bertz CT molecular complexity index is 634. The highest BCUT2D eigenvalue weighted by molar-refractivity contribution is 5.96. The molecule has 0 atom stereocenters. The van der Waals surface area contributed by atoms with Crippen LogP contribution in [0.5, 0.6) is 5.75 Å². The van der Waals surface area contributed by atoms with Gasteiger partial charge in [0.1, 0.15) is 12.4 Å². The summed E-state index contributed by atoms with van der Waals surface area (Å²) < 4.78 is 7.55. The number of hydrogen-bond acceptors (Lipinski definition) is 4. The van der Waals surface area contributed by atoms with Crippen molar-refractivity contribution in [2.24, 2.45) is 5.84 Å². The van der Waals surface area contributed by atoms with E-state index in [-0.39, 0.29) is 5.91 Å². The summed E-state index contributed by atoms with van der Waals surface area (Å²) >= 11 is 0. The van der Waals surface area contributed by atoms with Crippen LogP contribution in [0.25, 0.3) is 0 Å². The fourth-order valence-corrected chi connectivity index (χ4v) is 2.21. The maximum atomic E-state index is 11.6. The molecule has 1 heterocycles. The van der Waals surface area contributed by atoms with Crippen LogP contribution < -0.4 is 16.0 Å². The summed E-state index contributed by atoms with van der Waals surface area (Å²) in [5.41, 5.74) is 3.71. The van der Waals surface area contributed by atoms with Crippen LogP contribution in [0.1, 0.15) is 34.8 Å². The Morgan fingerprint density at radius 3 is 2.95 bits per heavy atom. The van der Waals surface area contributed by atoms with Gasteiger partial charge < -0.3 is 4.74 Å². The van der Waals surface area contributed by atoms with Gasteiger partial charge in [-0.15, -0.1) is 0 Å². The smallest absolute Gasteiger partial charge is 0.268 e. The Balaban J connectivity index is 1.58. The highest BCUT2D eigenvalue weighted by Gasteiger charge is 2.25. The van der Waals surface area contributed by atoms with E-state index in [1.807, 2.05) is 16.9 Å². The molecule has 0 unspecified atom stereocenters. The molecule has 1 aliphatic carbocycles. The number of benzene rings is 1. The Morgan fingerprint density at radius 1 is 1.38 bits per heavy atom. The van der Waals surface area contributed by atoms with Gasteiger partial charge >= 0.3 is 0 Å². The first-order valence-electron chi connectivity index (χ1n) is 7.04. The number of nitrogens with two attached hydrogens (primary N) is 1. The van der Waals surface area contributed by atoms with Gasteiger partial charge in [0, 0.05) is 12.1 Å². The lowest BCUT2D eigenvalue weighted by Gasteiger charge is -2.10. The lowest BCUT2D eigenvalue weighted by Crippen LogP contribution is -2.30. The molecule has 0 spiro atoms. The second-order valence-electron chi connectivity index (χ2n) is 5.10. The lowest BCUT2D eigenvalue weighted by atomic mass is 10.2. The van der Waals surface area contributed by atoms with Crippen LogP contribution >= 0.6 is 0 Å². The van der Waals surface area contributed by atoms with Crippen molar-refractivity contribution in [1.29, 1.82) is 0 Å². The fourth-order valence-electron chi connectivity index (χ4n) is 2.21. The van der Waals surface area contributed by atoms with Crippen LogP contribution in [0.3, 0.4) is 0 Å². The standard InChI is InChI=1S/C15H18N4O2/c16-17-15(20)12-3-1-2-4-14(12)21-10-9-19-8-7-13(18-19)11-5-6-11/h1-4,7-8,11H,5-6,9-10,16H2,(H,17,20). The van der Waals surface area contributed by atoms with Crippen LogP contribution in [-0.2, 0) is 6.54 Å². The fraction of sp³-hybridized carbons (Fsp3) is 0.333. The summed E-state index contributed by atoms with van der Waals surface area (Å²) in [5, 5.41) is 4.51. The maximum Gasteiger partial charge on any atom is 0.268 e. The molecular weight excluding hydrogens is 268 g/mol. The molecule has 21 heavy (non-hydrogen) atoms. The van der Waals surface area contributed by atoms with E-state index in [1.165, 1.54) is 12.8 Å². The molecule has 2 aromatic rings. The molecule has 0 aliphatic heterocycles. The van der Waals surface area contributed by atoms with Gasteiger partial charge in [-0.1, -0.05) is 12.1 Å². The molecule has 1 aromatic heterocycles. The van der Waals surface area contributed by atoms with Gasteiger partial charge in [0.2, 0.25) is 0 Å². The van der Waals surface area contributed by atoms with Crippen LogP contribution in [0.2, 0.25) is 0 Å². The number of hydrazine groups is 1. The predicted octanol–water partition coefficient (Wildman–Crippen LogP) is 1.44. The number of nitrogens with one attached hydrogen (secondary N) is 1. The summed E-state index contributed by atoms with van der Waals surface area (Å²) in [4.78, 5) is 11.6. The molecule has 3 rings (SSSR count). The van der Waals surface area contributed by atoms with Gasteiger partial charge in [-0.3, -0.25) is 14.9 Å². The summed E-state index contributed by atoms with van der Waals surface area (Å²) in [6, 6.07) is 9.09. The molecule has 6 heteroatoms. The largest absolute Gasteiger partial charge is 0.491 e. The zero-order valence-electron chi connectivity index (χ0n) is 11.7. The molecule has 3 N–H and O–H groups in total. The average molecular weight is 286 g/mol. The zero-order valence-corrected chi connectivity index (χ0v) is 11.7. The van der Waals surface area contributed by atoms with E-state index in [4.69, 9.17) is 10.6 Å². The molecule has 0 bridgehead atoms. The lowest BCUT2D eigenvalue weighted by molar-refractivity contribution is 0.0949. The van der Waals surface area contributed by atoms with Gasteiger partial charge in [-0.05, 0) is 31.0 Å². The van der Waals surface area contributed by atoms with E-state index >= 15 is 0 Å². The van der Waals surface area contributed by atoms with E-state index in [2.05, 4.69) is 16.6 Å². The average Bonchev–Trinajstić information content (AvgIpc) is 3.27. The Hall–Kier alpha value is -2.34. The molecule has 1 fully saturated rings. The number of para-hydroxylation sites is 1. The molecule has 6 nitrogen and oxygen atoms in total.